The van der Waals surface area contributed by atoms with Crippen molar-refractivity contribution in [3.63, 3.8) is 0 Å². The summed E-state index contributed by atoms with van der Waals surface area (Å²) in [4.78, 5) is 13.7. The molecular formula is C18H29NO. The van der Waals surface area contributed by atoms with Gasteiger partial charge in [-0.1, -0.05) is 39.0 Å². The molecule has 2 nitrogen and oxygen atoms in total. The third-order valence-electron chi connectivity index (χ3n) is 4.24. The largest absolute Gasteiger partial charge is 0.343 e. The molecule has 0 aromatic heterocycles. The molecule has 1 aromatic rings. The second-order valence-electron chi connectivity index (χ2n) is 5.30. The van der Waals surface area contributed by atoms with Gasteiger partial charge >= 0.3 is 0 Å². The highest BCUT2D eigenvalue weighted by Crippen LogP contribution is 2.31. The van der Waals surface area contributed by atoms with Crippen LogP contribution in [0.2, 0.25) is 0 Å². The van der Waals surface area contributed by atoms with Gasteiger partial charge < -0.3 is 4.90 Å². The molecule has 1 amide bonds. The predicted molar refractivity (Wildman–Crippen MR) is 86.1 cm³/mol. The van der Waals surface area contributed by atoms with Gasteiger partial charge in [0.2, 0.25) is 5.91 Å². The zero-order valence-corrected chi connectivity index (χ0v) is 13.7. The number of benzene rings is 1. The van der Waals surface area contributed by atoms with Crippen molar-refractivity contribution in [2.75, 3.05) is 13.1 Å². The first-order chi connectivity index (χ1) is 9.63. The lowest BCUT2D eigenvalue weighted by atomic mass is 9.85. The Morgan fingerprint density at radius 1 is 1.20 bits per heavy atom. The molecule has 1 aliphatic heterocycles. The van der Waals surface area contributed by atoms with Crippen molar-refractivity contribution >= 4 is 5.91 Å². The summed E-state index contributed by atoms with van der Waals surface area (Å²) in [6, 6.07) is 6.58. The first-order valence-corrected chi connectivity index (χ1v) is 7.97. The van der Waals surface area contributed by atoms with Gasteiger partial charge in [-0.3, -0.25) is 4.79 Å². The normalized spacial score (nSPS) is 15.6. The van der Waals surface area contributed by atoms with E-state index in [1.807, 2.05) is 25.7 Å². The summed E-state index contributed by atoms with van der Waals surface area (Å²) in [5.41, 5.74) is 4.29. The second-order valence-corrected chi connectivity index (χ2v) is 5.30. The lowest BCUT2D eigenvalue weighted by Crippen LogP contribution is -2.37. The highest BCUT2D eigenvalue weighted by Gasteiger charge is 2.23. The van der Waals surface area contributed by atoms with E-state index in [9.17, 15) is 4.79 Å². The summed E-state index contributed by atoms with van der Waals surface area (Å²) in [7, 11) is 0. The maximum absolute atomic E-state index is 11.7. The summed E-state index contributed by atoms with van der Waals surface area (Å²) in [6.07, 6.45) is 2.85. The highest BCUT2D eigenvalue weighted by molar-refractivity contribution is 5.75. The molecule has 20 heavy (non-hydrogen) atoms. The number of nitrogens with zero attached hydrogens (tertiary/aromatic N) is 1. The van der Waals surface area contributed by atoms with Gasteiger partial charge in [-0.05, 0) is 49.3 Å². The van der Waals surface area contributed by atoms with Crippen LogP contribution in [-0.2, 0) is 4.79 Å². The number of likely N-dealkylation sites (tertiary alicyclic amines) is 1. The number of rotatable bonds is 2. The Kier molecular flexibility index (Phi) is 6.77. The van der Waals surface area contributed by atoms with Gasteiger partial charge in [0.05, 0.1) is 0 Å². The van der Waals surface area contributed by atoms with Gasteiger partial charge in [-0.2, -0.15) is 0 Å². The number of carbonyl (C=O) groups excluding carboxylic acids is 1. The molecule has 1 heterocycles. The summed E-state index contributed by atoms with van der Waals surface area (Å²) < 4.78 is 0. The SMILES string of the molecule is CC.CCC(=O)N1CCC(c2cccc(C)c2C)CC1. The molecule has 0 N–H and O–H groups in total. The van der Waals surface area contributed by atoms with Gasteiger partial charge in [0, 0.05) is 19.5 Å². The third kappa shape index (κ3) is 3.84. The predicted octanol–water partition coefficient (Wildman–Crippen LogP) is 4.45. The van der Waals surface area contributed by atoms with E-state index in [1.54, 1.807) is 0 Å². The molecule has 0 saturated carbocycles. The number of carbonyl (C=O) groups is 1. The summed E-state index contributed by atoms with van der Waals surface area (Å²) >= 11 is 0. The molecule has 1 aromatic carbocycles. The van der Waals surface area contributed by atoms with E-state index in [2.05, 4.69) is 32.0 Å². The Bertz CT molecular complexity index is 431. The molecule has 0 bridgehead atoms. The molecule has 2 rings (SSSR count). The lowest BCUT2D eigenvalue weighted by molar-refractivity contribution is -0.131. The van der Waals surface area contributed by atoms with E-state index < -0.39 is 0 Å². The fourth-order valence-corrected chi connectivity index (χ4v) is 2.88. The van der Waals surface area contributed by atoms with Crippen LogP contribution in [-0.4, -0.2) is 23.9 Å². The standard InChI is InChI=1S/C16H23NO.C2H6/c1-4-16(18)17-10-8-14(9-11-17)15-7-5-6-12(2)13(15)3;1-2/h5-7,14H,4,8-11H2,1-3H3;1-2H3. The monoisotopic (exact) mass is 275 g/mol. The van der Waals surface area contributed by atoms with Gasteiger partial charge in [0.25, 0.3) is 0 Å². The van der Waals surface area contributed by atoms with Crippen molar-refractivity contribution in [3.8, 4) is 0 Å². The topological polar surface area (TPSA) is 20.3 Å². The Morgan fingerprint density at radius 2 is 1.80 bits per heavy atom. The van der Waals surface area contributed by atoms with Crippen LogP contribution >= 0.6 is 0 Å². The molecule has 0 aliphatic carbocycles. The van der Waals surface area contributed by atoms with Crippen LogP contribution in [0.25, 0.3) is 0 Å². The number of hydrogen-bond donors (Lipinski definition) is 0. The molecule has 0 unspecified atom stereocenters. The Morgan fingerprint density at radius 3 is 2.35 bits per heavy atom. The Balaban J connectivity index is 0.000000956. The van der Waals surface area contributed by atoms with Crippen molar-refractivity contribution in [3.05, 3.63) is 34.9 Å². The number of piperidine rings is 1. The quantitative estimate of drug-likeness (QED) is 0.781. The minimum absolute atomic E-state index is 0.300. The third-order valence-corrected chi connectivity index (χ3v) is 4.24. The molecule has 0 radical (unpaired) electrons. The van der Waals surface area contributed by atoms with Crippen LogP contribution in [0.15, 0.2) is 18.2 Å². The number of aryl methyl sites for hydroxylation is 1. The van der Waals surface area contributed by atoms with Crippen LogP contribution < -0.4 is 0 Å². The molecule has 112 valence electrons. The zero-order valence-electron chi connectivity index (χ0n) is 13.7. The highest BCUT2D eigenvalue weighted by atomic mass is 16.2. The molecule has 2 heteroatoms. The van der Waals surface area contributed by atoms with E-state index >= 15 is 0 Å². The summed E-state index contributed by atoms with van der Waals surface area (Å²) in [6.45, 7) is 12.2. The molecule has 0 spiro atoms. The van der Waals surface area contributed by atoms with Gasteiger partial charge in [0.15, 0.2) is 0 Å². The first kappa shape index (κ1) is 16.7. The van der Waals surface area contributed by atoms with E-state index in [-0.39, 0.29) is 0 Å². The van der Waals surface area contributed by atoms with E-state index in [0.717, 1.165) is 25.9 Å². The Labute approximate surface area is 124 Å². The molecule has 1 saturated heterocycles. The van der Waals surface area contributed by atoms with Crippen molar-refractivity contribution in [1.29, 1.82) is 0 Å². The fraction of sp³-hybridized carbons (Fsp3) is 0.611. The number of amides is 1. The summed E-state index contributed by atoms with van der Waals surface area (Å²) in [5.74, 6) is 0.931. The molecular weight excluding hydrogens is 246 g/mol. The van der Waals surface area contributed by atoms with Gasteiger partial charge in [-0.15, -0.1) is 0 Å². The molecule has 1 aliphatic rings. The fourth-order valence-electron chi connectivity index (χ4n) is 2.88. The average Bonchev–Trinajstić information content (AvgIpc) is 2.51. The maximum Gasteiger partial charge on any atom is 0.222 e. The van der Waals surface area contributed by atoms with E-state index in [4.69, 9.17) is 0 Å². The van der Waals surface area contributed by atoms with Crippen LogP contribution in [0.1, 0.15) is 62.6 Å². The average molecular weight is 275 g/mol. The van der Waals surface area contributed by atoms with E-state index in [0.29, 0.717) is 18.2 Å². The molecule has 0 atom stereocenters. The minimum Gasteiger partial charge on any atom is -0.343 e. The smallest absolute Gasteiger partial charge is 0.222 e. The van der Waals surface area contributed by atoms with Crippen LogP contribution in [0.5, 0.6) is 0 Å². The first-order valence-electron chi connectivity index (χ1n) is 7.97. The van der Waals surface area contributed by atoms with Crippen LogP contribution in [0.4, 0.5) is 0 Å². The molecule has 1 fully saturated rings. The maximum atomic E-state index is 11.7. The number of hydrogen-bond acceptors (Lipinski definition) is 1. The van der Waals surface area contributed by atoms with E-state index in [1.165, 1.54) is 16.7 Å². The zero-order chi connectivity index (χ0) is 15.1. The van der Waals surface area contributed by atoms with Crippen molar-refractivity contribution in [2.24, 2.45) is 0 Å². The van der Waals surface area contributed by atoms with Crippen molar-refractivity contribution in [2.45, 2.75) is 59.8 Å². The lowest BCUT2D eigenvalue weighted by Gasteiger charge is -2.33. The Hall–Kier alpha value is -1.31. The van der Waals surface area contributed by atoms with Gasteiger partial charge in [0.1, 0.15) is 0 Å². The van der Waals surface area contributed by atoms with Crippen molar-refractivity contribution < 1.29 is 4.79 Å². The second kappa shape index (κ2) is 8.08. The van der Waals surface area contributed by atoms with Crippen molar-refractivity contribution in [1.82, 2.24) is 4.90 Å². The van der Waals surface area contributed by atoms with Crippen LogP contribution in [0.3, 0.4) is 0 Å². The van der Waals surface area contributed by atoms with Crippen LogP contribution in [0, 0.1) is 13.8 Å². The van der Waals surface area contributed by atoms with Gasteiger partial charge in [-0.25, -0.2) is 0 Å². The minimum atomic E-state index is 0.300. The summed E-state index contributed by atoms with van der Waals surface area (Å²) in [5, 5.41) is 0.